The van der Waals surface area contributed by atoms with Gasteiger partial charge in [0.1, 0.15) is 9.09 Å². The fourth-order valence-corrected chi connectivity index (χ4v) is 4.14. The molecule has 0 fully saturated rings. The molecule has 6 nitrogen and oxygen atoms in total. The first kappa shape index (κ1) is 14.8. The second-order valence-corrected chi connectivity index (χ2v) is 7.36. The lowest BCUT2D eigenvalue weighted by atomic mass is 10.3. The Morgan fingerprint density at radius 1 is 1.50 bits per heavy atom. The van der Waals surface area contributed by atoms with Gasteiger partial charge in [0.15, 0.2) is 0 Å². The quantitative estimate of drug-likeness (QED) is 0.877. The number of hydrogen-bond donors (Lipinski definition) is 2. The second kappa shape index (κ2) is 5.39. The summed E-state index contributed by atoms with van der Waals surface area (Å²) >= 11 is 0.759. The van der Waals surface area contributed by atoms with E-state index in [0.29, 0.717) is 5.56 Å². The van der Waals surface area contributed by atoms with Crippen LogP contribution in [0.25, 0.3) is 0 Å². The molecule has 0 bridgehead atoms. The van der Waals surface area contributed by atoms with Crippen LogP contribution in [0.1, 0.15) is 20.9 Å². The Kier molecular flexibility index (Phi) is 3.98. The van der Waals surface area contributed by atoms with Crippen LogP contribution < -0.4 is 4.72 Å². The maximum atomic E-state index is 12.1. The van der Waals surface area contributed by atoms with Gasteiger partial charge in [0.05, 0.1) is 6.54 Å². The van der Waals surface area contributed by atoms with Gasteiger partial charge >= 0.3 is 5.97 Å². The van der Waals surface area contributed by atoms with Crippen LogP contribution >= 0.6 is 11.3 Å². The number of aromatic nitrogens is 1. The van der Waals surface area contributed by atoms with Gasteiger partial charge in [-0.25, -0.2) is 17.9 Å². The standard InChI is InChI=1S/C12H14N2O4S2/c1-8-6-10(19-11(8)12(15)16)20(17,18)13-7-9-4-3-5-14(9)2/h3-6,13H,7H2,1-2H3,(H,15,16). The summed E-state index contributed by atoms with van der Waals surface area (Å²) in [5.41, 5.74) is 1.27. The van der Waals surface area contributed by atoms with E-state index >= 15 is 0 Å². The summed E-state index contributed by atoms with van der Waals surface area (Å²) in [6, 6.07) is 5.01. The lowest BCUT2D eigenvalue weighted by Crippen LogP contribution is -2.23. The van der Waals surface area contributed by atoms with Crippen LogP contribution in [0.5, 0.6) is 0 Å². The van der Waals surface area contributed by atoms with E-state index in [9.17, 15) is 13.2 Å². The summed E-state index contributed by atoms with van der Waals surface area (Å²) in [5.74, 6) is -1.11. The molecular formula is C12H14N2O4S2. The molecule has 0 radical (unpaired) electrons. The van der Waals surface area contributed by atoms with Crippen LogP contribution in [0.3, 0.4) is 0 Å². The van der Waals surface area contributed by atoms with Crippen LogP contribution in [-0.2, 0) is 23.6 Å². The minimum Gasteiger partial charge on any atom is -0.477 e. The Labute approximate surface area is 120 Å². The number of rotatable bonds is 5. The van der Waals surface area contributed by atoms with Crippen molar-refractivity contribution >= 4 is 27.3 Å². The van der Waals surface area contributed by atoms with Gasteiger partial charge in [-0.15, -0.1) is 11.3 Å². The number of thiophene rings is 1. The minimum atomic E-state index is -3.70. The highest BCUT2D eigenvalue weighted by molar-refractivity contribution is 7.91. The Hall–Kier alpha value is -1.64. The normalized spacial score (nSPS) is 11.7. The van der Waals surface area contributed by atoms with E-state index in [4.69, 9.17) is 5.11 Å². The molecule has 2 N–H and O–H groups in total. The molecule has 2 heterocycles. The van der Waals surface area contributed by atoms with Gasteiger partial charge in [-0.05, 0) is 30.7 Å². The molecule has 0 atom stereocenters. The molecular weight excluding hydrogens is 300 g/mol. The number of sulfonamides is 1. The van der Waals surface area contributed by atoms with E-state index in [1.54, 1.807) is 6.92 Å². The molecule has 0 amide bonds. The first-order valence-electron chi connectivity index (χ1n) is 5.75. The molecule has 0 saturated carbocycles. The molecule has 2 aromatic heterocycles. The molecule has 0 saturated heterocycles. The Morgan fingerprint density at radius 3 is 2.70 bits per heavy atom. The molecule has 2 rings (SSSR count). The third-order valence-electron chi connectivity index (χ3n) is 2.85. The van der Waals surface area contributed by atoms with Gasteiger partial charge in [0.2, 0.25) is 10.0 Å². The fraction of sp³-hybridized carbons (Fsp3) is 0.250. The SMILES string of the molecule is Cc1cc(S(=O)(=O)NCc2cccn2C)sc1C(=O)O. The lowest BCUT2D eigenvalue weighted by Gasteiger charge is -2.05. The average Bonchev–Trinajstić information content (AvgIpc) is 2.93. The van der Waals surface area contributed by atoms with E-state index in [1.807, 2.05) is 29.9 Å². The fourth-order valence-electron chi connectivity index (χ4n) is 1.72. The van der Waals surface area contributed by atoms with Crippen molar-refractivity contribution in [2.24, 2.45) is 7.05 Å². The molecule has 0 aliphatic heterocycles. The maximum absolute atomic E-state index is 12.1. The molecule has 0 aliphatic rings. The third kappa shape index (κ3) is 2.92. The number of nitrogens with zero attached hydrogens (tertiary/aromatic N) is 1. The van der Waals surface area contributed by atoms with Crippen molar-refractivity contribution in [3.05, 3.63) is 40.5 Å². The summed E-state index contributed by atoms with van der Waals surface area (Å²) < 4.78 is 28.5. The van der Waals surface area contributed by atoms with Crippen molar-refractivity contribution in [2.75, 3.05) is 0 Å². The van der Waals surface area contributed by atoms with Crippen LogP contribution in [0, 0.1) is 6.92 Å². The van der Waals surface area contributed by atoms with Gasteiger partial charge in [0, 0.05) is 18.9 Å². The number of carbonyl (C=O) groups is 1. The highest BCUT2D eigenvalue weighted by Crippen LogP contribution is 2.25. The van der Waals surface area contributed by atoms with Gasteiger partial charge in [-0.2, -0.15) is 0 Å². The van der Waals surface area contributed by atoms with Crippen molar-refractivity contribution in [1.82, 2.24) is 9.29 Å². The number of carboxylic acids is 1. The topological polar surface area (TPSA) is 88.4 Å². The first-order valence-corrected chi connectivity index (χ1v) is 8.05. The predicted molar refractivity (Wildman–Crippen MR) is 75.5 cm³/mol. The monoisotopic (exact) mass is 314 g/mol. The van der Waals surface area contributed by atoms with Crippen LogP contribution in [0.2, 0.25) is 0 Å². The van der Waals surface area contributed by atoms with Gasteiger partial charge in [0.25, 0.3) is 0 Å². The molecule has 108 valence electrons. The van der Waals surface area contributed by atoms with Gasteiger partial charge in [-0.3, -0.25) is 0 Å². The number of carboxylic acid groups (broad SMARTS) is 1. The summed E-state index contributed by atoms with van der Waals surface area (Å²) in [7, 11) is -1.88. The van der Waals surface area contributed by atoms with E-state index in [1.165, 1.54) is 6.07 Å². The summed E-state index contributed by atoms with van der Waals surface area (Å²) in [5, 5.41) is 8.95. The Balaban J connectivity index is 2.20. The maximum Gasteiger partial charge on any atom is 0.346 e. The van der Waals surface area contributed by atoms with Crippen LogP contribution in [-0.4, -0.2) is 24.1 Å². The van der Waals surface area contributed by atoms with Crippen LogP contribution in [0.15, 0.2) is 28.6 Å². The third-order valence-corrected chi connectivity index (χ3v) is 5.95. The zero-order valence-electron chi connectivity index (χ0n) is 11.0. The largest absolute Gasteiger partial charge is 0.477 e. The van der Waals surface area contributed by atoms with E-state index in [0.717, 1.165) is 17.0 Å². The van der Waals surface area contributed by atoms with Crippen molar-refractivity contribution in [3.8, 4) is 0 Å². The highest BCUT2D eigenvalue weighted by Gasteiger charge is 2.21. The van der Waals surface area contributed by atoms with E-state index in [-0.39, 0.29) is 15.6 Å². The highest BCUT2D eigenvalue weighted by atomic mass is 32.2. The summed E-state index contributed by atoms with van der Waals surface area (Å²) in [6.07, 6.45) is 1.82. The number of nitrogens with one attached hydrogen (secondary N) is 1. The second-order valence-electron chi connectivity index (χ2n) is 4.32. The molecule has 2 aromatic rings. The molecule has 0 unspecified atom stereocenters. The minimum absolute atomic E-state index is 0.0154. The predicted octanol–water partition coefficient (Wildman–Crippen LogP) is 1.57. The lowest BCUT2D eigenvalue weighted by molar-refractivity contribution is 0.0701. The van der Waals surface area contributed by atoms with Crippen molar-refractivity contribution in [1.29, 1.82) is 0 Å². The molecule has 8 heteroatoms. The van der Waals surface area contributed by atoms with Gasteiger partial charge < -0.3 is 9.67 Å². The van der Waals surface area contributed by atoms with Gasteiger partial charge in [-0.1, -0.05) is 0 Å². The first-order chi connectivity index (χ1) is 9.31. The molecule has 0 aromatic carbocycles. The smallest absolute Gasteiger partial charge is 0.346 e. The Bertz CT molecular complexity index is 743. The summed E-state index contributed by atoms with van der Waals surface area (Å²) in [6.45, 7) is 1.74. The average molecular weight is 314 g/mol. The van der Waals surface area contributed by atoms with Crippen molar-refractivity contribution < 1.29 is 18.3 Å². The Morgan fingerprint density at radius 2 is 2.20 bits per heavy atom. The van der Waals surface area contributed by atoms with E-state index in [2.05, 4.69) is 4.72 Å². The number of aromatic carboxylic acids is 1. The number of hydrogen-bond acceptors (Lipinski definition) is 4. The van der Waals surface area contributed by atoms with Crippen molar-refractivity contribution in [3.63, 3.8) is 0 Å². The van der Waals surface area contributed by atoms with Crippen molar-refractivity contribution in [2.45, 2.75) is 17.7 Å². The molecule has 20 heavy (non-hydrogen) atoms. The molecule has 0 aliphatic carbocycles. The molecule has 0 spiro atoms. The number of aryl methyl sites for hydroxylation is 2. The zero-order valence-corrected chi connectivity index (χ0v) is 12.6. The zero-order chi connectivity index (χ0) is 14.9. The summed E-state index contributed by atoms with van der Waals surface area (Å²) in [4.78, 5) is 11.0. The van der Waals surface area contributed by atoms with Crippen LogP contribution in [0.4, 0.5) is 0 Å². The van der Waals surface area contributed by atoms with E-state index < -0.39 is 16.0 Å².